The van der Waals surface area contributed by atoms with Crippen LogP contribution in [0, 0.1) is 22.7 Å². The topological polar surface area (TPSA) is 44.1 Å². The van der Waals surface area contributed by atoms with Gasteiger partial charge in [0, 0.05) is 13.1 Å². The van der Waals surface area contributed by atoms with E-state index in [0.717, 1.165) is 44.7 Å². The third-order valence-corrected chi connectivity index (χ3v) is 4.21. The lowest BCUT2D eigenvalue weighted by Crippen LogP contribution is -2.37. The van der Waals surface area contributed by atoms with E-state index in [0.29, 0.717) is 0 Å². The number of carbonyl (C=O) groups excluding carboxylic acids is 1. The van der Waals surface area contributed by atoms with Gasteiger partial charge in [0.2, 0.25) is 5.91 Å². The van der Waals surface area contributed by atoms with Crippen LogP contribution < -0.4 is 0 Å². The zero-order valence-electron chi connectivity index (χ0n) is 10.7. The van der Waals surface area contributed by atoms with E-state index in [9.17, 15) is 4.79 Å². The number of hydrogen-bond donors (Lipinski definition) is 0. The summed E-state index contributed by atoms with van der Waals surface area (Å²) in [7, 11) is 0. The largest absolute Gasteiger partial charge is 0.341 e. The monoisotopic (exact) mass is 234 g/mol. The van der Waals surface area contributed by atoms with Crippen LogP contribution >= 0.6 is 0 Å². The molecule has 0 radical (unpaired) electrons. The molecule has 0 aromatic heterocycles. The Morgan fingerprint density at radius 1 is 1.41 bits per heavy atom. The van der Waals surface area contributed by atoms with Crippen molar-refractivity contribution in [2.24, 2.45) is 11.3 Å². The van der Waals surface area contributed by atoms with Gasteiger partial charge in [-0.1, -0.05) is 19.8 Å². The third-order valence-electron chi connectivity index (χ3n) is 4.21. The van der Waals surface area contributed by atoms with Crippen molar-refractivity contribution in [3.8, 4) is 6.07 Å². The first-order chi connectivity index (χ1) is 8.22. The Morgan fingerprint density at radius 2 is 2.18 bits per heavy atom. The maximum atomic E-state index is 12.2. The average molecular weight is 234 g/mol. The van der Waals surface area contributed by atoms with Crippen LogP contribution in [0.25, 0.3) is 0 Å². The summed E-state index contributed by atoms with van der Waals surface area (Å²) in [6.45, 7) is 3.96. The molecule has 1 saturated carbocycles. The molecule has 1 heterocycles. The van der Waals surface area contributed by atoms with Gasteiger partial charge in [-0.25, -0.2) is 0 Å². The van der Waals surface area contributed by atoms with E-state index in [-0.39, 0.29) is 5.91 Å². The van der Waals surface area contributed by atoms with Crippen LogP contribution in [0.15, 0.2) is 0 Å². The van der Waals surface area contributed by atoms with E-state index in [4.69, 9.17) is 5.26 Å². The van der Waals surface area contributed by atoms with Crippen LogP contribution in [-0.4, -0.2) is 23.9 Å². The second-order valence-corrected chi connectivity index (χ2v) is 5.57. The van der Waals surface area contributed by atoms with Crippen molar-refractivity contribution < 1.29 is 4.79 Å². The molecule has 3 heteroatoms. The molecule has 0 aromatic rings. The summed E-state index contributed by atoms with van der Waals surface area (Å²) in [5, 5.41) is 9.07. The molecule has 0 N–H and O–H groups in total. The van der Waals surface area contributed by atoms with Crippen molar-refractivity contribution in [2.75, 3.05) is 13.1 Å². The molecule has 2 rings (SSSR count). The van der Waals surface area contributed by atoms with Gasteiger partial charge in [-0.3, -0.25) is 4.79 Å². The van der Waals surface area contributed by atoms with Gasteiger partial charge in [-0.2, -0.15) is 5.26 Å². The molecule has 1 amide bonds. The number of nitriles is 1. The molecule has 1 unspecified atom stereocenters. The van der Waals surface area contributed by atoms with E-state index in [1.54, 1.807) is 0 Å². The zero-order valence-corrected chi connectivity index (χ0v) is 10.7. The third kappa shape index (κ3) is 2.62. The van der Waals surface area contributed by atoms with Gasteiger partial charge in [0.05, 0.1) is 6.07 Å². The second kappa shape index (κ2) is 5.08. The van der Waals surface area contributed by atoms with Gasteiger partial charge < -0.3 is 4.90 Å². The Balaban J connectivity index is 1.91. The van der Waals surface area contributed by atoms with Crippen molar-refractivity contribution in [1.29, 1.82) is 5.26 Å². The minimum absolute atomic E-state index is 0.108. The minimum Gasteiger partial charge on any atom is -0.341 e. The van der Waals surface area contributed by atoms with E-state index in [1.807, 2.05) is 4.90 Å². The highest BCUT2D eigenvalue weighted by Crippen LogP contribution is 2.46. The van der Waals surface area contributed by atoms with Crippen molar-refractivity contribution in [3.05, 3.63) is 0 Å². The molecule has 1 aliphatic carbocycles. The molecule has 1 atom stereocenters. The summed E-state index contributed by atoms with van der Waals surface area (Å²) in [4.78, 5) is 14.2. The second-order valence-electron chi connectivity index (χ2n) is 5.57. The summed E-state index contributed by atoms with van der Waals surface area (Å²) in [6.07, 6.45) is 7.55. The van der Waals surface area contributed by atoms with Crippen molar-refractivity contribution in [2.45, 2.75) is 51.9 Å². The summed E-state index contributed by atoms with van der Waals surface area (Å²) in [5.74, 6) is 0.896. The van der Waals surface area contributed by atoms with Crippen LogP contribution in [0.1, 0.15) is 51.9 Å². The molecular weight excluding hydrogens is 212 g/mol. The number of amides is 1. The first-order valence-corrected chi connectivity index (χ1v) is 6.92. The van der Waals surface area contributed by atoms with Crippen molar-refractivity contribution in [3.63, 3.8) is 0 Å². The fourth-order valence-electron chi connectivity index (χ4n) is 2.87. The molecule has 2 aliphatic rings. The highest BCUT2D eigenvalue weighted by molar-refractivity contribution is 5.88. The standard InChI is InChI=1S/C14H22N2O/c1-2-4-12-5-3-9-16(10-6-12)13(17)14(11-15)7-8-14/h12H,2-10H2,1H3. The summed E-state index contributed by atoms with van der Waals surface area (Å²) in [6, 6.07) is 2.22. The van der Waals surface area contributed by atoms with Gasteiger partial charge in [-0.05, 0) is 38.0 Å². The molecular formula is C14H22N2O. The first-order valence-electron chi connectivity index (χ1n) is 6.92. The van der Waals surface area contributed by atoms with Crippen LogP contribution in [0.4, 0.5) is 0 Å². The minimum atomic E-state index is -0.620. The Hall–Kier alpha value is -1.04. The van der Waals surface area contributed by atoms with E-state index < -0.39 is 5.41 Å². The highest BCUT2D eigenvalue weighted by atomic mass is 16.2. The van der Waals surface area contributed by atoms with Gasteiger partial charge in [-0.15, -0.1) is 0 Å². The number of hydrogen-bond acceptors (Lipinski definition) is 2. The molecule has 1 aliphatic heterocycles. The van der Waals surface area contributed by atoms with Gasteiger partial charge in [0.25, 0.3) is 0 Å². The smallest absolute Gasteiger partial charge is 0.243 e. The van der Waals surface area contributed by atoms with Crippen LogP contribution in [-0.2, 0) is 4.79 Å². The Bertz CT molecular complexity index is 328. The fraction of sp³-hybridized carbons (Fsp3) is 0.857. The number of likely N-dealkylation sites (tertiary alicyclic amines) is 1. The van der Waals surface area contributed by atoms with E-state index >= 15 is 0 Å². The highest BCUT2D eigenvalue weighted by Gasteiger charge is 2.52. The lowest BCUT2D eigenvalue weighted by molar-refractivity contribution is -0.134. The Labute approximate surface area is 104 Å². The summed E-state index contributed by atoms with van der Waals surface area (Å²) in [5.41, 5.74) is -0.620. The van der Waals surface area contributed by atoms with Crippen molar-refractivity contribution in [1.82, 2.24) is 4.90 Å². The number of carbonyl (C=O) groups is 1. The molecule has 0 aromatic carbocycles. The van der Waals surface area contributed by atoms with E-state index in [1.165, 1.54) is 19.3 Å². The zero-order chi connectivity index (χ0) is 12.3. The van der Waals surface area contributed by atoms with Crippen LogP contribution in [0.2, 0.25) is 0 Å². The fourth-order valence-corrected chi connectivity index (χ4v) is 2.87. The predicted octanol–water partition coefficient (Wildman–Crippen LogP) is 2.72. The molecule has 0 spiro atoms. The molecule has 2 fully saturated rings. The predicted molar refractivity (Wildman–Crippen MR) is 66.1 cm³/mol. The lowest BCUT2D eigenvalue weighted by atomic mass is 9.96. The molecule has 94 valence electrons. The molecule has 1 saturated heterocycles. The molecule has 0 bridgehead atoms. The maximum absolute atomic E-state index is 12.2. The number of nitrogens with zero attached hydrogens (tertiary/aromatic N) is 2. The van der Waals surface area contributed by atoms with Gasteiger partial charge in [0.15, 0.2) is 0 Å². The Kier molecular flexibility index (Phi) is 3.71. The SMILES string of the molecule is CCCC1CCCN(C(=O)C2(C#N)CC2)CC1. The van der Waals surface area contributed by atoms with Crippen molar-refractivity contribution >= 4 is 5.91 Å². The van der Waals surface area contributed by atoms with Crippen LogP contribution in [0.5, 0.6) is 0 Å². The number of rotatable bonds is 3. The molecule has 17 heavy (non-hydrogen) atoms. The normalized spacial score (nSPS) is 27.1. The quantitative estimate of drug-likeness (QED) is 0.753. The summed E-state index contributed by atoms with van der Waals surface area (Å²) < 4.78 is 0. The van der Waals surface area contributed by atoms with Crippen LogP contribution in [0.3, 0.4) is 0 Å². The first kappa shape index (κ1) is 12.4. The molecule has 3 nitrogen and oxygen atoms in total. The maximum Gasteiger partial charge on any atom is 0.243 e. The van der Waals surface area contributed by atoms with Gasteiger partial charge in [0.1, 0.15) is 5.41 Å². The average Bonchev–Trinajstić information content (AvgIpc) is 3.14. The lowest BCUT2D eigenvalue weighted by Gasteiger charge is -2.22. The van der Waals surface area contributed by atoms with E-state index in [2.05, 4.69) is 13.0 Å². The Morgan fingerprint density at radius 3 is 2.76 bits per heavy atom. The summed E-state index contributed by atoms with van der Waals surface area (Å²) >= 11 is 0. The van der Waals surface area contributed by atoms with Gasteiger partial charge >= 0.3 is 0 Å².